The van der Waals surface area contributed by atoms with Gasteiger partial charge in [0.2, 0.25) is 0 Å². The number of anilines is 1. The number of rotatable bonds is 7. The van der Waals surface area contributed by atoms with E-state index in [1.165, 1.54) is 6.07 Å². The lowest BCUT2D eigenvalue weighted by Crippen LogP contribution is -2.37. The van der Waals surface area contributed by atoms with Crippen molar-refractivity contribution in [2.24, 2.45) is 0 Å². The zero-order valence-corrected chi connectivity index (χ0v) is 12.9. The Labute approximate surface area is 121 Å². The van der Waals surface area contributed by atoms with Gasteiger partial charge in [-0.15, -0.1) is 0 Å². The van der Waals surface area contributed by atoms with Crippen LogP contribution in [0.2, 0.25) is 0 Å². The van der Waals surface area contributed by atoms with E-state index in [2.05, 4.69) is 18.7 Å². The molecule has 2 N–H and O–H groups in total. The highest BCUT2D eigenvalue weighted by Crippen LogP contribution is 2.31. The molecular weight excluding hydrogens is 257 g/mol. The number of aliphatic hydroxyl groups is 2. The number of aliphatic hydroxyl groups excluding tert-OH is 2. The van der Waals surface area contributed by atoms with E-state index in [-0.39, 0.29) is 18.5 Å². The molecule has 0 amide bonds. The predicted octanol–water partition coefficient (Wildman–Crippen LogP) is 3.17. The fraction of sp³-hybridized carbons (Fsp3) is 0.625. The van der Waals surface area contributed by atoms with Gasteiger partial charge in [-0.3, -0.25) is 0 Å². The lowest BCUT2D eigenvalue weighted by molar-refractivity contribution is 0.198. The molecule has 1 atom stereocenters. The highest BCUT2D eigenvalue weighted by atomic mass is 19.1. The Balaban J connectivity index is 3.33. The summed E-state index contributed by atoms with van der Waals surface area (Å²) in [5.41, 5.74) is 1.95. The van der Waals surface area contributed by atoms with E-state index in [1.54, 1.807) is 19.9 Å². The van der Waals surface area contributed by atoms with Gasteiger partial charge < -0.3 is 15.1 Å². The first-order chi connectivity index (χ1) is 9.46. The first-order valence-electron chi connectivity index (χ1n) is 7.31. The third kappa shape index (κ3) is 3.70. The summed E-state index contributed by atoms with van der Waals surface area (Å²) in [6.07, 6.45) is 1.13. The smallest absolute Gasteiger partial charge is 0.126 e. The number of hydrogen-bond donors (Lipinski definition) is 2. The van der Waals surface area contributed by atoms with Crippen LogP contribution in [0.4, 0.5) is 10.1 Å². The average molecular weight is 283 g/mol. The first kappa shape index (κ1) is 16.9. The summed E-state index contributed by atoms with van der Waals surface area (Å²) in [5, 5.41) is 19.2. The molecule has 0 fully saturated rings. The minimum Gasteiger partial charge on any atom is -0.395 e. The molecule has 0 aliphatic carbocycles. The van der Waals surface area contributed by atoms with Gasteiger partial charge in [-0.1, -0.05) is 13.8 Å². The van der Waals surface area contributed by atoms with Crippen molar-refractivity contribution in [1.82, 2.24) is 0 Å². The molecule has 4 heteroatoms. The maximum atomic E-state index is 13.8. The monoisotopic (exact) mass is 283 g/mol. The topological polar surface area (TPSA) is 43.7 Å². The van der Waals surface area contributed by atoms with E-state index in [4.69, 9.17) is 0 Å². The third-order valence-electron chi connectivity index (χ3n) is 3.79. The number of halogens is 1. The lowest BCUT2D eigenvalue weighted by Gasteiger charge is -2.34. The molecular formula is C16H26FNO2. The zero-order valence-electron chi connectivity index (χ0n) is 12.9. The van der Waals surface area contributed by atoms with Gasteiger partial charge in [0.1, 0.15) is 5.82 Å². The Morgan fingerprint density at radius 2 is 1.85 bits per heavy atom. The van der Waals surface area contributed by atoms with Crippen LogP contribution in [0.25, 0.3) is 0 Å². The summed E-state index contributed by atoms with van der Waals surface area (Å²) < 4.78 is 13.8. The molecule has 0 saturated heterocycles. The molecule has 0 unspecified atom stereocenters. The fourth-order valence-electron chi connectivity index (χ4n) is 2.60. The van der Waals surface area contributed by atoms with Gasteiger partial charge in [-0.05, 0) is 44.4 Å². The first-order valence-corrected chi connectivity index (χ1v) is 7.31. The molecule has 3 nitrogen and oxygen atoms in total. The van der Waals surface area contributed by atoms with Crippen molar-refractivity contribution in [3.05, 3.63) is 29.1 Å². The third-order valence-corrected chi connectivity index (χ3v) is 3.79. The molecule has 0 aliphatic heterocycles. The Morgan fingerprint density at radius 3 is 2.30 bits per heavy atom. The van der Waals surface area contributed by atoms with E-state index in [1.807, 2.05) is 0 Å². The van der Waals surface area contributed by atoms with Crippen LogP contribution in [0.1, 0.15) is 50.8 Å². The van der Waals surface area contributed by atoms with E-state index in [0.717, 1.165) is 18.5 Å². The highest BCUT2D eigenvalue weighted by Gasteiger charge is 2.21. The number of hydrogen-bond acceptors (Lipinski definition) is 3. The number of nitrogens with zero attached hydrogens (tertiary/aromatic N) is 1. The van der Waals surface area contributed by atoms with Gasteiger partial charge in [0.15, 0.2) is 0 Å². The number of benzene rings is 1. The summed E-state index contributed by atoms with van der Waals surface area (Å²) in [4.78, 5) is 2.08. The SMILES string of the molecule is CCC(CC)N(CCO)c1cc(C)c(F)cc1[C@@H](C)O. The van der Waals surface area contributed by atoms with Gasteiger partial charge in [-0.25, -0.2) is 4.39 Å². The molecule has 0 radical (unpaired) electrons. The molecule has 0 saturated carbocycles. The second-order valence-electron chi connectivity index (χ2n) is 5.22. The second kappa shape index (κ2) is 7.60. The predicted molar refractivity (Wildman–Crippen MR) is 80.6 cm³/mol. The van der Waals surface area contributed by atoms with Crippen LogP contribution in [0.3, 0.4) is 0 Å². The summed E-state index contributed by atoms with van der Waals surface area (Å²) >= 11 is 0. The summed E-state index contributed by atoms with van der Waals surface area (Å²) in [6, 6.07) is 3.44. The molecule has 114 valence electrons. The van der Waals surface area contributed by atoms with Crippen LogP contribution >= 0.6 is 0 Å². The maximum absolute atomic E-state index is 13.8. The van der Waals surface area contributed by atoms with E-state index in [9.17, 15) is 14.6 Å². The lowest BCUT2D eigenvalue weighted by atomic mass is 10.0. The van der Waals surface area contributed by atoms with Crippen LogP contribution in [0.5, 0.6) is 0 Å². The second-order valence-corrected chi connectivity index (χ2v) is 5.22. The Kier molecular flexibility index (Phi) is 6.43. The summed E-state index contributed by atoms with van der Waals surface area (Å²) in [6.45, 7) is 8.06. The maximum Gasteiger partial charge on any atom is 0.126 e. The molecule has 1 aromatic rings. The van der Waals surface area contributed by atoms with Crippen molar-refractivity contribution < 1.29 is 14.6 Å². The van der Waals surface area contributed by atoms with E-state index < -0.39 is 6.10 Å². The van der Waals surface area contributed by atoms with Crippen LogP contribution < -0.4 is 4.90 Å². The Bertz CT molecular complexity index is 431. The van der Waals surface area contributed by atoms with Gasteiger partial charge >= 0.3 is 0 Å². The molecule has 0 bridgehead atoms. The highest BCUT2D eigenvalue weighted by molar-refractivity contribution is 5.57. The van der Waals surface area contributed by atoms with E-state index in [0.29, 0.717) is 17.7 Å². The molecule has 0 spiro atoms. The Morgan fingerprint density at radius 1 is 1.25 bits per heavy atom. The fourth-order valence-corrected chi connectivity index (χ4v) is 2.60. The van der Waals surface area contributed by atoms with Crippen molar-refractivity contribution in [2.75, 3.05) is 18.1 Å². The van der Waals surface area contributed by atoms with Crippen LogP contribution in [0, 0.1) is 12.7 Å². The standard InChI is InChI=1S/C16H26FNO2/c1-5-13(6-2)18(7-8-19)16-9-11(3)15(17)10-14(16)12(4)20/h9-10,12-13,19-20H,5-8H2,1-4H3/t12-/m1/s1. The molecule has 20 heavy (non-hydrogen) atoms. The summed E-state index contributed by atoms with van der Waals surface area (Å²) in [5.74, 6) is -0.307. The average Bonchev–Trinajstić information content (AvgIpc) is 2.41. The van der Waals surface area contributed by atoms with Crippen molar-refractivity contribution in [1.29, 1.82) is 0 Å². The Hall–Kier alpha value is -1.13. The van der Waals surface area contributed by atoms with Crippen molar-refractivity contribution in [3.8, 4) is 0 Å². The van der Waals surface area contributed by atoms with E-state index >= 15 is 0 Å². The quantitative estimate of drug-likeness (QED) is 0.808. The minimum atomic E-state index is -0.740. The van der Waals surface area contributed by atoms with Gasteiger partial charge in [0, 0.05) is 23.8 Å². The zero-order chi connectivity index (χ0) is 15.3. The minimum absolute atomic E-state index is 0.0339. The van der Waals surface area contributed by atoms with Crippen molar-refractivity contribution in [2.45, 2.75) is 52.7 Å². The molecule has 0 heterocycles. The number of aryl methyl sites for hydroxylation is 1. The van der Waals surface area contributed by atoms with Crippen molar-refractivity contribution in [3.63, 3.8) is 0 Å². The van der Waals surface area contributed by atoms with Crippen LogP contribution in [-0.4, -0.2) is 29.4 Å². The molecule has 1 aromatic carbocycles. The van der Waals surface area contributed by atoms with Gasteiger partial charge in [0.05, 0.1) is 12.7 Å². The van der Waals surface area contributed by atoms with Crippen LogP contribution in [0.15, 0.2) is 12.1 Å². The molecule has 0 aliphatic rings. The van der Waals surface area contributed by atoms with Crippen LogP contribution in [-0.2, 0) is 0 Å². The van der Waals surface area contributed by atoms with Gasteiger partial charge in [0.25, 0.3) is 0 Å². The largest absolute Gasteiger partial charge is 0.395 e. The van der Waals surface area contributed by atoms with Crippen molar-refractivity contribution >= 4 is 5.69 Å². The van der Waals surface area contributed by atoms with Gasteiger partial charge in [-0.2, -0.15) is 0 Å². The summed E-state index contributed by atoms with van der Waals surface area (Å²) in [7, 11) is 0. The normalized spacial score (nSPS) is 12.8. The molecule has 1 rings (SSSR count). The molecule has 0 aromatic heterocycles.